The van der Waals surface area contributed by atoms with Gasteiger partial charge in [-0.15, -0.1) is 12.4 Å². The predicted octanol–water partition coefficient (Wildman–Crippen LogP) is 2.05. The Morgan fingerprint density at radius 3 is 2.62 bits per heavy atom. The Hall–Kier alpha value is -0.570. The van der Waals surface area contributed by atoms with Crippen molar-refractivity contribution >= 4 is 12.4 Å². The van der Waals surface area contributed by atoms with E-state index in [9.17, 15) is 0 Å². The van der Waals surface area contributed by atoms with Crippen molar-refractivity contribution in [1.82, 2.24) is 10.2 Å². The van der Waals surface area contributed by atoms with Crippen LogP contribution in [0.15, 0.2) is 30.3 Å². The van der Waals surface area contributed by atoms with Gasteiger partial charge in [0.05, 0.1) is 0 Å². The van der Waals surface area contributed by atoms with Gasteiger partial charge in [0.15, 0.2) is 0 Å². The molecule has 1 aromatic rings. The molecule has 0 unspecified atom stereocenters. The normalized spacial score (nSPS) is 22.8. The lowest BCUT2D eigenvalue weighted by molar-refractivity contribution is 0.182. The summed E-state index contributed by atoms with van der Waals surface area (Å²) < 4.78 is 0. The van der Waals surface area contributed by atoms with Crippen LogP contribution in [0.1, 0.15) is 18.4 Å². The fraction of sp³-hybridized carbons (Fsp3) is 0.538. The summed E-state index contributed by atoms with van der Waals surface area (Å²) in [6.45, 7) is 4.70. The van der Waals surface area contributed by atoms with Gasteiger partial charge in [0.25, 0.3) is 0 Å². The highest BCUT2D eigenvalue weighted by Crippen LogP contribution is 2.37. The van der Waals surface area contributed by atoms with Crippen LogP contribution in [0.25, 0.3) is 0 Å². The van der Waals surface area contributed by atoms with E-state index in [2.05, 4.69) is 40.5 Å². The summed E-state index contributed by atoms with van der Waals surface area (Å²) in [6.07, 6.45) is 2.75. The second-order valence-electron chi connectivity index (χ2n) is 4.90. The molecule has 88 valence electrons. The largest absolute Gasteiger partial charge is 0.309 e. The van der Waals surface area contributed by atoms with E-state index in [1.165, 1.54) is 31.5 Å². The van der Waals surface area contributed by atoms with Gasteiger partial charge in [-0.1, -0.05) is 30.3 Å². The average Bonchev–Trinajstić information content (AvgIpc) is 2.99. The zero-order valence-electron chi connectivity index (χ0n) is 9.48. The zero-order chi connectivity index (χ0) is 10.1. The third-order valence-corrected chi connectivity index (χ3v) is 3.56. The van der Waals surface area contributed by atoms with Crippen LogP contribution in [0.3, 0.4) is 0 Å². The standard InChI is InChI=1S/C13H18N2.ClH/c1-2-4-12(5-3-1)10-15-9-8-14-13(11-15)6-7-13;/h1-5,14H,6-11H2;1H. The van der Waals surface area contributed by atoms with Crippen molar-refractivity contribution in [3.05, 3.63) is 35.9 Å². The number of rotatable bonds is 2. The van der Waals surface area contributed by atoms with Gasteiger partial charge in [-0.2, -0.15) is 0 Å². The van der Waals surface area contributed by atoms with E-state index in [1.807, 2.05) is 0 Å². The Morgan fingerprint density at radius 2 is 1.94 bits per heavy atom. The Morgan fingerprint density at radius 1 is 1.19 bits per heavy atom. The van der Waals surface area contributed by atoms with Crippen LogP contribution in [0.2, 0.25) is 0 Å². The molecule has 1 N–H and O–H groups in total. The summed E-state index contributed by atoms with van der Waals surface area (Å²) in [4.78, 5) is 2.58. The Labute approximate surface area is 103 Å². The van der Waals surface area contributed by atoms with Gasteiger partial charge in [-0.3, -0.25) is 4.90 Å². The Bertz CT molecular complexity index is 335. The molecule has 3 rings (SSSR count). The molecule has 3 heteroatoms. The zero-order valence-corrected chi connectivity index (χ0v) is 10.3. The van der Waals surface area contributed by atoms with Crippen molar-refractivity contribution in [3.63, 3.8) is 0 Å². The molecular weight excluding hydrogens is 220 g/mol. The SMILES string of the molecule is Cl.c1ccc(CN2CCNC3(CC3)C2)cc1. The van der Waals surface area contributed by atoms with Gasteiger partial charge >= 0.3 is 0 Å². The number of piperazine rings is 1. The number of benzene rings is 1. The van der Waals surface area contributed by atoms with Crippen LogP contribution in [0.5, 0.6) is 0 Å². The predicted molar refractivity (Wildman–Crippen MR) is 68.9 cm³/mol. The lowest BCUT2D eigenvalue weighted by atomic mass is 10.1. The van der Waals surface area contributed by atoms with Gasteiger partial charge in [0, 0.05) is 31.7 Å². The molecule has 1 saturated heterocycles. The number of nitrogens with one attached hydrogen (secondary N) is 1. The van der Waals surface area contributed by atoms with Crippen LogP contribution < -0.4 is 5.32 Å². The third kappa shape index (κ3) is 2.57. The summed E-state index contributed by atoms with van der Waals surface area (Å²) in [6, 6.07) is 10.8. The first-order valence-electron chi connectivity index (χ1n) is 5.88. The molecule has 1 heterocycles. The highest BCUT2D eigenvalue weighted by atomic mass is 35.5. The summed E-state index contributed by atoms with van der Waals surface area (Å²) >= 11 is 0. The fourth-order valence-corrected chi connectivity index (χ4v) is 2.50. The number of nitrogens with zero attached hydrogens (tertiary/aromatic N) is 1. The quantitative estimate of drug-likeness (QED) is 0.849. The van der Waals surface area contributed by atoms with Crippen molar-refractivity contribution in [2.75, 3.05) is 19.6 Å². The molecule has 1 aromatic carbocycles. The summed E-state index contributed by atoms with van der Waals surface area (Å²) in [5.74, 6) is 0. The molecule has 2 aliphatic rings. The highest BCUT2D eigenvalue weighted by Gasteiger charge is 2.45. The molecule has 0 amide bonds. The van der Waals surface area contributed by atoms with Gasteiger partial charge < -0.3 is 5.32 Å². The summed E-state index contributed by atoms with van der Waals surface area (Å²) in [7, 11) is 0. The topological polar surface area (TPSA) is 15.3 Å². The molecule has 16 heavy (non-hydrogen) atoms. The minimum atomic E-state index is 0. The van der Waals surface area contributed by atoms with Gasteiger partial charge in [0.2, 0.25) is 0 Å². The molecule has 1 saturated carbocycles. The minimum Gasteiger partial charge on any atom is -0.309 e. The van der Waals surface area contributed by atoms with Crippen molar-refractivity contribution in [2.24, 2.45) is 0 Å². The molecule has 0 aromatic heterocycles. The molecule has 2 fully saturated rings. The van der Waals surface area contributed by atoms with E-state index in [4.69, 9.17) is 0 Å². The second kappa shape index (κ2) is 4.74. The third-order valence-electron chi connectivity index (χ3n) is 3.56. The van der Waals surface area contributed by atoms with E-state index in [0.29, 0.717) is 5.54 Å². The van der Waals surface area contributed by atoms with E-state index >= 15 is 0 Å². The van der Waals surface area contributed by atoms with Gasteiger partial charge in [-0.25, -0.2) is 0 Å². The first kappa shape index (κ1) is 11.9. The van der Waals surface area contributed by atoms with Crippen LogP contribution in [0, 0.1) is 0 Å². The maximum absolute atomic E-state index is 3.64. The first-order chi connectivity index (χ1) is 7.36. The maximum atomic E-state index is 3.64. The van der Waals surface area contributed by atoms with E-state index in [1.54, 1.807) is 0 Å². The molecule has 1 spiro atoms. The molecular formula is C13H19ClN2. The number of halogens is 1. The lowest BCUT2D eigenvalue weighted by Crippen LogP contribution is -2.51. The molecule has 0 bridgehead atoms. The van der Waals surface area contributed by atoms with E-state index in [-0.39, 0.29) is 12.4 Å². The van der Waals surface area contributed by atoms with Crippen LogP contribution in [0.4, 0.5) is 0 Å². The van der Waals surface area contributed by atoms with Crippen molar-refractivity contribution in [3.8, 4) is 0 Å². The summed E-state index contributed by atoms with van der Waals surface area (Å²) in [5.41, 5.74) is 1.95. The van der Waals surface area contributed by atoms with Crippen LogP contribution in [-0.4, -0.2) is 30.1 Å². The molecule has 1 aliphatic heterocycles. The highest BCUT2D eigenvalue weighted by molar-refractivity contribution is 5.85. The molecule has 0 atom stereocenters. The molecule has 1 aliphatic carbocycles. The van der Waals surface area contributed by atoms with E-state index < -0.39 is 0 Å². The van der Waals surface area contributed by atoms with Gasteiger partial charge in [-0.05, 0) is 18.4 Å². The minimum absolute atomic E-state index is 0. The van der Waals surface area contributed by atoms with Crippen LogP contribution in [-0.2, 0) is 6.54 Å². The Balaban J connectivity index is 0.000000963. The van der Waals surface area contributed by atoms with Crippen LogP contribution >= 0.6 is 12.4 Å². The average molecular weight is 239 g/mol. The fourth-order valence-electron chi connectivity index (χ4n) is 2.50. The smallest absolute Gasteiger partial charge is 0.0310 e. The van der Waals surface area contributed by atoms with Crippen molar-refractivity contribution in [1.29, 1.82) is 0 Å². The molecule has 2 nitrogen and oxygen atoms in total. The Kier molecular flexibility index (Phi) is 3.53. The number of hydrogen-bond acceptors (Lipinski definition) is 2. The maximum Gasteiger partial charge on any atom is 0.0310 e. The van der Waals surface area contributed by atoms with Crippen molar-refractivity contribution < 1.29 is 0 Å². The second-order valence-corrected chi connectivity index (χ2v) is 4.90. The monoisotopic (exact) mass is 238 g/mol. The first-order valence-corrected chi connectivity index (χ1v) is 5.88. The van der Waals surface area contributed by atoms with Crippen molar-refractivity contribution in [2.45, 2.75) is 24.9 Å². The van der Waals surface area contributed by atoms with E-state index in [0.717, 1.165) is 13.1 Å². The van der Waals surface area contributed by atoms with Gasteiger partial charge in [0.1, 0.15) is 0 Å². The summed E-state index contributed by atoms with van der Waals surface area (Å²) in [5, 5.41) is 3.64. The number of hydrogen-bond donors (Lipinski definition) is 1. The molecule has 0 radical (unpaired) electrons. The lowest BCUT2D eigenvalue weighted by Gasteiger charge is -2.34.